The van der Waals surface area contributed by atoms with E-state index >= 15 is 4.79 Å². The van der Waals surface area contributed by atoms with Crippen LogP contribution in [0.15, 0.2) is 102 Å². The van der Waals surface area contributed by atoms with Crippen molar-refractivity contribution in [3.8, 4) is 0 Å². The number of Topliss-reactive ketones (excluding diaryl/α,β-unsaturated/α-hetero) is 1. The fourth-order valence-corrected chi connectivity index (χ4v) is 9.62. The minimum atomic E-state index is -2.17. The summed E-state index contributed by atoms with van der Waals surface area (Å²) in [6.45, 7) is 6.62. The highest BCUT2D eigenvalue weighted by Gasteiger charge is 2.72. The number of esters is 2. The molecule has 7 rings (SSSR count). The maximum absolute atomic E-state index is 15.1. The molecule has 1 aliphatic heterocycles. The number of amides is 1. The van der Waals surface area contributed by atoms with E-state index in [4.69, 9.17) is 56.4 Å². The zero-order valence-electron chi connectivity index (χ0n) is 35.3. The van der Waals surface area contributed by atoms with E-state index in [1.807, 2.05) is 0 Å². The minimum Gasteiger partial charge on any atom is -0.455 e. The molecule has 338 valence electrons. The summed E-state index contributed by atoms with van der Waals surface area (Å²) in [5.74, 6) is -3.66. The maximum atomic E-state index is 15.1. The number of carbonyl (C=O) groups excluding carboxylic acids is 6. The second-order valence-corrected chi connectivity index (χ2v) is 17.2. The summed E-state index contributed by atoms with van der Waals surface area (Å²) in [4.78, 5) is 83.6. The first kappa shape index (κ1) is 46.5. The molecule has 0 aromatic heterocycles. The maximum Gasteiger partial charge on any atom is 0.510 e. The van der Waals surface area contributed by atoms with Crippen LogP contribution >= 0.6 is 23.2 Å². The Kier molecular flexibility index (Phi) is 13.8. The number of ketones is 1. The van der Waals surface area contributed by atoms with Crippen molar-refractivity contribution in [1.29, 1.82) is 0 Å². The number of carbonyl (C=O) groups is 6. The quantitative estimate of drug-likeness (QED) is 0.107. The van der Waals surface area contributed by atoms with E-state index in [-0.39, 0.29) is 29.7 Å². The number of halogens is 2. The van der Waals surface area contributed by atoms with Crippen molar-refractivity contribution in [1.82, 2.24) is 5.32 Å². The Morgan fingerprint density at radius 3 is 2.02 bits per heavy atom. The van der Waals surface area contributed by atoms with Crippen LogP contribution in [-0.2, 0) is 42.7 Å². The van der Waals surface area contributed by atoms with Gasteiger partial charge in [0.15, 0.2) is 17.9 Å². The molecule has 2 radical (unpaired) electrons. The van der Waals surface area contributed by atoms with E-state index in [0.717, 1.165) is 0 Å². The smallest absolute Gasteiger partial charge is 0.455 e. The van der Waals surface area contributed by atoms with Crippen LogP contribution in [0.25, 0.3) is 0 Å². The van der Waals surface area contributed by atoms with Gasteiger partial charge in [-0.3, -0.25) is 9.59 Å². The molecule has 9 atom stereocenters. The van der Waals surface area contributed by atoms with Crippen LogP contribution in [0.3, 0.4) is 0 Å². The van der Waals surface area contributed by atoms with Crippen molar-refractivity contribution >= 4 is 59.1 Å². The van der Waals surface area contributed by atoms with Gasteiger partial charge in [-0.25, -0.2) is 19.2 Å². The number of benzene rings is 3. The zero-order valence-corrected chi connectivity index (χ0v) is 36.8. The first-order valence-electron chi connectivity index (χ1n) is 20.5. The highest BCUT2D eigenvalue weighted by atomic mass is 35.5. The fraction of sp³-hybridized carbons (Fsp3) is 0.404. The molecule has 3 aromatic carbocycles. The van der Waals surface area contributed by atoms with E-state index < -0.39 is 113 Å². The lowest BCUT2D eigenvalue weighted by atomic mass is 9.46. The standard InChI is InChI=1S/C47H47Cl2NO14/c1-26-31-20-34(51)46(4)35(62-43(55)59-24-48)21-32-30(23-58-32)36(46)39(64-41(53)29-18-12-7-13-19-29)47(57,45(31,2)3)22-33(26)61-42(54)38(63-44(56)60-25-49)37(27-14-8-5-9-15-27)50-40(52)28-16-10-6-11-17-28/h5-20,32-33,35-39,57H,21-25H2,1-4H3,(H,50,52)/t32-,33+,35+,36+,37+,38-,39+,46-,47-/m1/s1. The summed E-state index contributed by atoms with van der Waals surface area (Å²) in [5.41, 5.74) is -3.95. The lowest BCUT2D eigenvalue weighted by molar-refractivity contribution is -0.232. The molecule has 4 aliphatic rings. The largest absolute Gasteiger partial charge is 0.510 e. The highest BCUT2D eigenvalue weighted by molar-refractivity contribution is 6.17. The number of hydrogen-bond acceptors (Lipinski definition) is 14. The third-order valence-electron chi connectivity index (χ3n) is 13.1. The number of ether oxygens (including phenoxy) is 7. The van der Waals surface area contributed by atoms with Crippen LogP contribution < -0.4 is 5.32 Å². The molecule has 3 aromatic rings. The Morgan fingerprint density at radius 1 is 0.828 bits per heavy atom. The minimum absolute atomic E-state index is 0.0417. The van der Waals surface area contributed by atoms with Crippen LogP contribution in [0.4, 0.5) is 9.59 Å². The Bertz CT molecular complexity index is 2280. The molecule has 1 saturated heterocycles. The van der Waals surface area contributed by atoms with Crippen molar-refractivity contribution in [3.63, 3.8) is 0 Å². The van der Waals surface area contributed by atoms with Gasteiger partial charge >= 0.3 is 24.2 Å². The van der Waals surface area contributed by atoms with Gasteiger partial charge in [-0.15, -0.1) is 0 Å². The summed E-state index contributed by atoms with van der Waals surface area (Å²) >= 11 is 11.4. The summed E-state index contributed by atoms with van der Waals surface area (Å²) in [6.07, 6.45) is -8.25. The first-order valence-corrected chi connectivity index (χ1v) is 21.6. The second-order valence-electron chi connectivity index (χ2n) is 16.7. The monoisotopic (exact) mass is 919 g/mol. The summed E-state index contributed by atoms with van der Waals surface area (Å²) in [5, 5.41) is 16.4. The van der Waals surface area contributed by atoms with Crippen LogP contribution in [0, 0.1) is 29.1 Å². The molecule has 3 fully saturated rings. The van der Waals surface area contributed by atoms with E-state index in [2.05, 4.69) is 5.32 Å². The van der Waals surface area contributed by atoms with Gasteiger partial charge in [0.2, 0.25) is 6.10 Å². The topological polar surface area (TPSA) is 199 Å². The molecule has 2 saturated carbocycles. The Hall–Kier alpha value is -5.48. The molecule has 2 bridgehead atoms. The molecule has 17 heteroatoms. The molecule has 1 amide bonds. The third kappa shape index (κ3) is 8.70. The van der Waals surface area contributed by atoms with Crippen LogP contribution in [0.5, 0.6) is 0 Å². The lowest BCUT2D eigenvalue weighted by Gasteiger charge is -2.63. The van der Waals surface area contributed by atoms with Gasteiger partial charge in [-0.2, -0.15) is 0 Å². The van der Waals surface area contributed by atoms with Gasteiger partial charge in [0.25, 0.3) is 5.91 Å². The molecular formula is C47H47Cl2NO14. The molecule has 3 aliphatic carbocycles. The predicted octanol–water partition coefficient (Wildman–Crippen LogP) is 7.00. The SMILES string of the molecule is CC1=C2[CH]C(=O)[C@]3(C)[C@@H](OC(=O)OCCl)C[C@H]4OC[C]4[C@H]3[C@H](OC(=O)c3ccccc3)[C@](O)(C[C@@H]1OC(=O)[C@H](OC(=O)OCCl)[C@@H](NC(=O)c1ccccc1)c1ccccc1)C2(C)C. The highest BCUT2D eigenvalue weighted by Crippen LogP contribution is 2.63. The van der Waals surface area contributed by atoms with Crippen molar-refractivity contribution in [3.05, 3.63) is 131 Å². The lowest BCUT2D eigenvalue weighted by Crippen LogP contribution is -2.73. The molecule has 0 spiro atoms. The van der Waals surface area contributed by atoms with Crippen molar-refractivity contribution < 1.29 is 67.0 Å². The summed E-state index contributed by atoms with van der Waals surface area (Å²) < 4.78 is 39.7. The molecular weight excluding hydrogens is 873 g/mol. The molecule has 0 unspecified atom stereocenters. The van der Waals surface area contributed by atoms with Gasteiger partial charge in [-0.1, -0.05) is 104 Å². The van der Waals surface area contributed by atoms with E-state index in [1.165, 1.54) is 18.6 Å². The third-order valence-corrected chi connectivity index (χ3v) is 13.3. The Labute approximate surface area is 379 Å². The van der Waals surface area contributed by atoms with Crippen LogP contribution in [0.2, 0.25) is 0 Å². The molecule has 2 N–H and O–H groups in total. The van der Waals surface area contributed by atoms with E-state index in [0.29, 0.717) is 17.1 Å². The van der Waals surface area contributed by atoms with Gasteiger partial charge in [0.1, 0.15) is 30.0 Å². The Morgan fingerprint density at radius 2 is 1.42 bits per heavy atom. The van der Waals surface area contributed by atoms with E-state index in [9.17, 15) is 29.1 Å². The molecule has 1 heterocycles. The zero-order chi connectivity index (χ0) is 46.0. The van der Waals surface area contributed by atoms with Crippen molar-refractivity contribution in [2.45, 2.75) is 82.7 Å². The van der Waals surface area contributed by atoms with Crippen molar-refractivity contribution in [2.75, 3.05) is 18.7 Å². The van der Waals surface area contributed by atoms with Gasteiger partial charge < -0.3 is 43.6 Å². The van der Waals surface area contributed by atoms with Gasteiger partial charge in [0, 0.05) is 35.7 Å². The van der Waals surface area contributed by atoms with Crippen LogP contribution in [0.1, 0.15) is 72.9 Å². The van der Waals surface area contributed by atoms with Gasteiger partial charge in [0.05, 0.1) is 30.1 Å². The Balaban J connectivity index is 1.33. The first-order chi connectivity index (χ1) is 30.5. The normalized spacial score (nSPS) is 27.9. The molecule has 64 heavy (non-hydrogen) atoms. The summed E-state index contributed by atoms with van der Waals surface area (Å²) in [7, 11) is 0. The van der Waals surface area contributed by atoms with E-state index in [1.54, 1.807) is 107 Å². The average molecular weight is 921 g/mol. The van der Waals surface area contributed by atoms with Gasteiger partial charge in [-0.05, 0) is 54.8 Å². The number of nitrogens with one attached hydrogen (secondary N) is 1. The number of aliphatic hydroxyl groups is 1. The fourth-order valence-electron chi connectivity index (χ4n) is 9.44. The number of fused-ring (bicyclic) bond motifs is 5. The van der Waals surface area contributed by atoms with Crippen molar-refractivity contribution in [2.24, 2.45) is 16.7 Å². The average Bonchev–Trinajstić information content (AvgIpc) is 3.27. The van der Waals surface area contributed by atoms with Crippen LogP contribution in [-0.4, -0.2) is 95.9 Å². The predicted molar refractivity (Wildman–Crippen MR) is 227 cm³/mol. The number of alkyl halides is 2. The number of hydrogen-bond donors (Lipinski definition) is 2. The molecule has 15 nitrogen and oxygen atoms in total. The summed E-state index contributed by atoms with van der Waals surface area (Å²) in [6, 6.07) is 22.0. The second kappa shape index (κ2) is 18.9. The number of rotatable bonds is 12.